The van der Waals surface area contributed by atoms with Crippen LogP contribution in [-0.2, 0) is 14.3 Å². The van der Waals surface area contributed by atoms with E-state index in [1.165, 1.54) is 5.69 Å². The van der Waals surface area contributed by atoms with Crippen molar-refractivity contribution in [1.82, 2.24) is 9.88 Å². The quantitative estimate of drug-likeness (QED) is 0.839. The zero-order valence-electron chi connectivity index (χ0n) is 14.7. The van der Waals surface area contributed by atoms with E-state index in [9.17, 15) is 4.79 Å². The van der Waals surface area contributed by atoms with Crippen LogP contribution in [0.25, 0.3) is 0 Å². The average molecular weight is 345 g/mol. The van der Waals surface area contributed by atoms with Crippen LogP contribution in [0.3, 0.4) is 0 Å². The number of piperazine rings is 1. The van der Waals surface area contributed by atoms with Crippen LogP contribution in [0.1, 0.15) is 32.1 Å². The fourth-order valence-electron chi connectivity index (χ4n) is 4.25. The van der Waals surface area contributed by atoms with Crippen LogP contribution in [-0.4, -0.2) is 61.0 Å². The van der Waals surface area contributed by atoms with Gasteiger partial charge in [-0.1, -0.05) is 0 Å². The summed E-state index contributed by atoms with van der Waals surface area (Å²) in [7, 11) is 0. The number of ether oxygens (including phenoxy) is 2. The van der Waals surface area contributed by atoms with Gasteiger partial charge in [-0.15, -0.1) is 0 Å². The minimum atomic E-state index is -0.324. The highest BCUT2D eigenvalue weighted by Crippen LogP contribution is 2.39. The summed E-state index contributed by atoms with van der Waals surface area (Å²) in [6, 6.07) is 4.06. The van der Waals surface area contributed by atoms with Crippen molar-refractivity contribution in [3.63, 3.8) is 0 Å². The van der Waals surface area contributed by atoms with E-state index in [0.29, 0.717) is 31.5 Å². The maximum Gasteiger partial charge on any atom is 0.222 e. The van der Waals surface area contributed by atoms with Gasteiger partial charge in [-0.3, -0.25) is 9.78 Å². The van der Waals surface area contributed by atoms with Crippen LogP contribution in [0.4, 0.5) is 5.69 Å². The molecule has 6 nitrogen and oxygen atoms in total. The van der Waals surface area contributed by atoms with Crippen molar-refractivity contribution in [2.75, 3.05) is 44.3 Å². The summed E-state index contributed by atoms with van der Waals surface area (Å²) in [5.74, 6) is 0.461. The van der Waals surface area contributed by atoms with Gasteiger partial charge >= 0.3 is 0 Å². The number of hydrogen-bond donors (Lipinski definition) is 0. The van der Waals surface area contributed by atoms with Crippen LogP contribution >= 0.6 is 0 Å². The molecule has 1 aromatic heterocycles. The molecule has 0 radical (unpaired) electrons. The predicted molar refractivity (Wildman–Crippen MR) is 94.2 cm³/mol. The first-order valence-corrected chi connectivity index (χ1v) is 9.45. The molecule has 25 heavy (non-hydrogen) atoms. The average Bonchev–Trinajstić information content (AvgIpc) is 3.13. The minimum Gasteiger partial charge on any atom is -0.368 e. The third-order valence-corrected chi connectivity index (χ3v) is 5.80. The van der Waals surface area contributed by atoms with E-state index in [2.05, 4.69) is 9.88 Å². The van der Waals surface area contributed by atoms with Gasteiger partial charge in [-0.25, -0.2) is 0 Å². The van der Waals surface area contributed by atoms with Crippen molar-refractivity contribution in [2.24, 2.45) is 5.92 Å². The molecule has 1 spiro atoms. The topological polar surface area (TPSA) is 54.9 Å². The maximum atomic E-state index is 12.7. The molecule has 3 fully saturated rings. The summed E-state index contributed by atoms with van der Waals surface area (Å²) in [6.45, 7) is 4.83. The van der Waals surface area contributed by atoms with Crippen molar-refractivity contribution in [3.05, 3.63) is 24.5 Å². The Bertz CT molecular complexity index is 571. The number of hydrogen-bond acceptors (Lipinski definition) is 5. The predicted octanol–water partition coefficient (Wildman–Crippen LogP) is 2.05. The Morgan fingerprint density at radius 3 is 2.36 bits per heavy atom. The minimum absolute atomic E-state index is 0.309. The van der Waals surface area contributed by atoms with Gasteiger partial charge in [0.1, 0.15) is 0 Å². The molecule has 136 valence electrons. The molecule has 1 aliphatic carbocycles. The van der Waals surface area contributed by atoms with E-state index in [-0.39, 0.29) is 5.79 Å². The molecule has 0 bridgehead atoms. The standard InChI is InChI=1S/C19H27N3O3/c23-18(15-16-1-5-19(6-2-16)24-13-14-25-19)22-11-9-21(10-12-22)17-3-7-20-8-4-17/h3-4,7-8,16H,1-2,5-6,9-15H2. The van der Waals surface area contributed by atoms with Crippen molar-refractivity contribution in [3.8, 4) is 0 Å². The van der Waals surface area contributed by atoms with Crippen LogP contribution in [0.15, 0.2) is 24.5 Å². The number of amides is 1. The second-order valence-corrected chi connectivity index (χ2v) is 7.33. The summed E-state index contributed by atoms with van der Waals surface area (Å²) in [5, 5.41) is 0. The smallest absolute Gasteiger partial charge is 0.222 e. The molecule has 0 N–H and O–H groups in total. The third kappa shape index (κ3) is 3.80. The number of nitrogens with zero attached hydrogens (tertiary/aromatic N) is 3. The number of carbonyl (C=O) groups is 1. The molecule has 0 atom stereocenters. The molecule has 2 aliphatic heterocycles. The van der Waals surface area contributed by atoms with Gasteiger partial charge in [0.25, 0.3) is 0 Å². The summed E-state index contributed by atoms with van der Waals surface area (Å²) < 4.78 is 11.6. The number of anilines is 1. The van der Waals surface area contributed by atoms with Crippen molar-refractivity contribution in [2.45, 2.75) is 37.9 Å². The Labute approximate surface area is 149 Å². The summed E-state index contributed by atoms with van der Waals surface area (Å²) in [4.78, 5) is 21.1. The fraction of sp³-hybridized carbons (Fsp3) is 0.684. The number of carbonyl (C=O) groups excluding carboxylic acids is 1. The molecule has 6 heteroatoms. The molecule has 0 aromatic carbocycles. The van der Waals surface area contributed by atoms with Gasteiger partial charge in [-0.2, -0.15) is 0 Å². The molecule has 3 aliphatic rings. The van der Waals surface area contributed by atoms with Crippen molar-refractivity contribution >= 4 is 11.6 Å². The van der Waals surface area contributed by atoms with Gasteiger partial charge in [0, 0.05) is 63.5 Å². The normalized spacial score (nSPS) is 24.0. The lowest BCUT2D eigenvalue weighted by Gasteiger charge is -2.38. The zero-order valence-corrected chi connectivity index (χ0v) is 14.7. The largest absolute Gasteiger partial charge is 0.368 e. The van der Waals surface area contributed by atoms with E-state index in [1.807, 2.05) is 29.4 Å². The summed E-state index contributed by atoms with van der Waals surface area (Å²) >= 11 is 0. The summed E-state index contributed by atoms with van der Waals surface area (Å²) in [6.07, 6.45) is 8.24. The number of pyridine rings is 1. The number of rotatable bonds is 3. The molecule has 1 aromatic rings. The van der Waals surface area contributed by atoms with E-state index >= 15 is 0 Å². The molecule has 2 saturated heterocycles. The molecule has 1 saturated carbocycles. The Balaban J connectivity index is 1.23. The molecular weight excluding hydrogens is 318 g/mol. The lowest BCUT2D eigenvalue weighted by molar-refractivity contribution is -0.183. The first-order valence-electron chi connectivity index (χ1n) is 9.45. The van der Waals surface area contributed by atoms with Gasteiger partial charge < -0.3 is 19.3 Å². The molecule has 0 unspecified atom stereocenters. The Morgan fingerprint density at radius 1 is 1.08 bits per heavy atom. The highest BCUT2D eigenvalue weighted by atomic mass is 16.7. The van der Waals surface area contributed by atoms with Gasteiger partial charge in [0.2, 0.25) is 5.91 Å². The first-order chi connectivity index (χ1) is 12.2. The highest BCUT2D eigenvalue weighted by molar-refractivity contribution is 5.76. The molecular formula is C19H27N3O3. The fourth-order valence-corrected chi connectivity index (χ4v) is 4.25. The monoisotopic (exact) mass is 345 g/mol. The molecule has 1 amide bonds. The van der Waals surface area contributed by atoms with Gasteiger partial charge in [0.15, 0.2) is 5.79 Å². The van der Waals surface area contributed by atoms with Crippen LogP contribution in [0, 0.1) is 5.92 Å². The first kappa shape index (κ1) is 16.8. The molecule has 4 rings (SSSR count). The van der Waals surface area contributed by atoms with E-state index in [1.54, 1.807) is 0 Å². The van der Waals surface area contributed by atoms with E-state index < -0.39 is 0 Å². The summed E-state index contributed by atoms with van der Waals surface area (Å²) in [5.41, 5.74) is 1.19. The molecule has 3 heterocycles. The van der Waals surface area contributed by atoms with Crippen LogP contribution in [0.2, 0.25) is 0 Å². The van der Waals surface area contributed by atoms with Gasteiger partial charge in [-0.05, 0) is 30.9 Å². The van der Waals surface area contributed by atoms with Crippen LogP contribution in [0.5, 0.6) is 0 Å². The van der Waals surface area contributed by atoms with Crippen molar-refractivity contribution < 1.29 is 14.3 Å². The highest BCUT2D eigenvalue weighted by Gasteiger charge is 2.40. The lowest BCUT2D eigenvalue weighted by Crippen LogP contribution is -2.49. The van der Waals surface area contributed by atoms with Crippen LogP contribution < -0.4 is 4.90 Å². The van der Waals surface area contributed by atoms with Gasteiger partial charge in [0.05, 0.1) is 13.2 Å². The Kier molecular flexibility index (Phi) is 4.90. The zero-order chi connectivity index (χ0) is 17.1. The maximum absolute atomic E-state index is 12.7. The Morgan fingerprint density at radius 2 is 1.72 bits per heavy atom. The van der Waals surface area contributed by atoms with Crippen molar-refractivity contribution in [1.29, 1.82) is 0 Å². The van der Waals surface area contributed by atoms with E-state index in [4.69, 9.17) is 9.47 Å². The Hall–Kier alpha value is -1.66. The lowest BCUT2D eigenvalue weighted by atomic mass is 9.83. The second-order valence-electron chi connectivity index (χ2n) is 7.33. The second kappa shape index (κ2) is 7.30. The third-order valence-electron chi connectivity index (χ3n) is 5.80. The number of aromatic nitrogens is 1. The van der Waals surface area contributed by atoms with E-state index in [0.717, 1.165) is 51.9 Å². The SMILES string of the molecule is O=C(CC1CCC2(CC1)OCCO2)N1CCN(c2ccncc2)CC1.